The number of amides is 3. The van der Waals surface area contributed by atoms with Crippen LogP contribution in [-0.4, -0.2) is 27.9 Å². The number of nitrogens with one attached hydrogen (secondary N) is 2. The van der Waals surface area contributed by atoms with Gasteiger partial charge in [-0.1, -0.05) is 18.9 Å². The monoisotopic (exact) mass is 406 g/mol. The SMILES string of the molecule is Cc1ccc(NC(=O)NC2CCCC2)cc1N1Cc2cnc(N)nc2C2(CC2)C1=O. The zero-order chi connectivity index (χ0) is 20.9. The van der Waals surface area contributed by atoms with Crippen LogP contribution in [0.2, 0.25) is 0 Å². The first-order valence-corrected chi connectivity index (χ1v) is 10.6. The molecular weight excluding hydrogens is 380 g/mol. The molecule has 3 aliphatic rings. The second-order valence-corrected chi connectivity index (χ2v) is 8.66. The molecule has 1 aromatic carbocycles. The smallest absolute Gasteiger partial charge is 0.319 e. The number of rotatable bonds is 3. The number of nitrogens with zero attached hydrogens (tertiary/aromatic N) is 3. The number of urea groups is 1. The topological polar surface area (TPSA) is 113 Å². The molecule has 4 N–H and O–H groups in total. The van der Waals surface area contributed by atoms with E-state index in [0.717, 1.165) is 61.0 Å². The van der Waals surface area contributed by atoms with Crippen LogP contribution in [0.5, 0.6) is 0 Å². The Hall–Kier alpha value is -3.16. The van der Waals surface area contributed by atoms with Gasteiger partial charge in [0.05, 0.1) is 17.7 Å². The summed E-state index contributed by atoms with van der Waals surface area (Å²) in [6.45, 7) is 2.37. The van der Waals surface area contributed by atoms with Crippen molar-refractivity contribution in [2.75, 3.05) is 16.0 Å². The number of aromatic nitrogens is 2. The lowest BCUT2D eigenvalue weighted by atomic mass is 9.91. The summed E-state index contributed by atoms with van der Waals surface area (Å²) < 4.78 is 0. The number of nitrogens with two attached hydrogens (primary N) is 1. The molecule has 2 aliphatic carbocycles. The fraction of sp³-hybridized carbons (Fsp3) is 0.455. The fourth-order valence-electron chi connectivity index (χ4n) is 4.72. The Morgan fingerprint density at radius 3 is 2.77 bits per heavy atom. The Morgan fingerprint density at radius 2 is 2.03 bits per heavy atom. The van der Waals surface area contributed by atoms with Gasteiger partial charge < -0.3 is 21.3 Å². The van der Waals surface area contributed by atoms with E-state index in [4.69, 9.17) is 5.73 Å². The molecule has 1 spiro atoms. The Balaban J connectivity index is 1.41. The van der Waals surface area contributed by atoms with Gasteiger partial charge in [0.25, 0.3) is 0 Å². The van der Waals surface area contributed by atoms with Gasteiger partial charge in [0, 0.05) is 29.2 Å². The van der Waals surface area contributed by atoms with Crippen molar-refractivity contribution in [3.63, 3.8) is 0 Å². The molecular formula is C22H26N6O2. The highest BCUT2D eigenvalue weighted by atomic mass is 16.2. The van der Waals surface area contributed by atoms with E-state index in [1.54, 1.807) is 11.1 Å². The van der Waals surface area contributed by atoms with Crippen LogP contribution in [0.25, 0.3) is 0 Å². The highest BCUT2D eigenvalue weighted by molar-refractivity contribution is 6.05. The lowest BCUT2D eigenvalue weighted by molar-refractivity contribution is -0.121. The molecule has 2 fully saturated rings. The normalized spacial score (nSPS) is 19.6. The number of benzene rings is 1. The Kier molecular flexibility index (Phi) is 4.38. The van der Waals surface area contributed by atoms with Crippen molar-refractivity contribution in [1.82, 2.24) is 15.3 Å². The van der Waals surface area contributed by atoms with Crippen molar-refractivity contribution in [3.8, 4) is 0 Å². The van der Waals surface area contributed by atoms with Crippen molar-refractivity contribution in [1.29, 1.82) is 0 Å². The minimum absolute atomic E-state index is 0.0451. The third-order valence-corrected chi connectivity index (χ3v) is 6.52. The number of nitrogen functional groups attached to an aromatic ring is 1. The van der Waals surface area contributed by atoms with Gasteiger partial charge in [0.1, 0.15) is 0 Å². The summed E-state index contributed by atoms with van der Waals surface area (Å²) in [4.78, 5) is 36.1. The second kappa shape index (κ2) is 6.97. The number of carbonyl (C=O) groups excluding carboxylic acids is 2. The van der Waals surface area contributed by atoms with Crippen molar-refractivity contribution in [2.24, 2.45) is 0 Å². The first kappa shape index (κ1) is 18.8. The van der Waals surface area contributed by atoms with Crippen LogP contribution in [0.15, 0.2) is 24.4 Å². The summed E-state index contributed by atoms with van der Waals surface area (Å²) >= 11 is 0. The van der Waals surface area contributed by atoms with Crippen LogP contribution in [0.1, 0.15) is 55.3 Å². The standard InChI is InChI=1S/C22H26N6O2/c1-13-6-7-16(26-21(30)25-15-4-2-3-5-15)10-17(13)28-12-14-11-24-20(23)27-18(14)22(8-9-22)19(28)29/h6-7,10-11,15H,2-5,8-9,12H2,1H3,(H2,23,24,27)(H2,25,26,30). The summed E-state index contributed by atoms with van der Waals surface area (Å²) in [7, 11) is 0. The van der Waals surface area contributed by atoms with Crippen LogP contribution >= 0.6 is 0 Å². The van der Waals surface area contributed by atoms with Crippen LogP contribution < -0.4 is 21.3 Å². The van der Waals surface area contributed by atoms with Gasteiger partial charge in [0.2, 0.25) is 11.9 Å². The van der Waals surface area contributed by atoms with Crippen LogP contribution in [0.4, 0.5) is 22.1 Å². The summed E-state index contributed by atoms with van der Waals surface area (Å²) in [5.41, 5.74) is 9.34. The third-order valence-electron chi connectivity index (χ3n) is 6.52. The number of carbonyl (C=O) groups is 2. The molecule has 1 aromatic heterocycles. The zero-order valence-electron chi connectivity index (χ0n) is 17.1. The van der Waals surface area contributed by atoms with E-state index in [1.807, 2.05) is 25.1 Å². The molecule has 1 aliphatic heterocycles. The van der Waals surface area contributed by atoms with Gasteiger partial charge in [0.15, 0.2) is 0 Å². The first-order chi connectivity index (χ1) is 14.5. The molecule has 156 valence electrons. The molecule has 0 radical (unpaired) electrons. The van der Waals surface area contributed by atoms with Crippen LogP contribution in [0.3, 0.4) is 0 Å². The fourth-order valence-corrected chi connectivity index (χ4v) is 4.72. The molecule has 2 saturated carbocycles. The van der Waals surface area contributed by atoms with Gasteiger partial charge in [-0.3, -0.25) is 4.79 Å². The molecule has 8 heteroatoms. The van der Waals surface area contributed by atoms with Gasteiger partial charge >= 0.3 is 6.03 Å². The molecule has 5 rings (SSSR count). The minimum atomic E-state index is -0.583. The molecule has 8 nitrogen and oxygen atoms in total. The largest absolute Gasteiger partial charge is 0.368 e. The predicted octanol–water partition coefficient (Wildman–Crippen LogP) is 3.01. The van der Waals surface area contributed by atoms with E-state index >= 15 is 0 Å². The Labute approximate surface area is 175 Å². The molecule has 3 amide bonds. The van der Waals surface area contributed by atoms with Crippen molar-refractivity contribution in [3.05, 3.63) is 41.2 Å². The maximum Gasteiger partial charge on any atom is 0.319 e. The number of hydrogen-bond donors (Lipinski definition) is 3. The highest BCUT2D eigenvalue weighted by Gasteiger charge is 2.58. The molecule has 0 atom stereocenters. The average Bonchev–Trinajstić information content (AvgIpc) is 3.36. The molecule has 30 heavy (non-hydrogen) atoms. The summed E-state index contributed by atoms with van der Waals surface area (Å²) in [5.74, 6) is 0.251. The maximum atomic E-state index is 13.4. The van der Waals surface area contributed by atoms with E-state index < -0.39 is 5.41 Å². The summed E-state index contributed by atoms with van der Waals surface area (Å²) in [6.07, 6.45) is 7.65. The van der Waals surface area contributed by atoms with Crippen molar-refractivity contribution < 1.29 is 9.59 Å². The molecule has 0 saturated heterocycles. The number of fused-ring (bicyclic) bond motifs is 2. The van der Waals surface area contributed by atoms with Crippen LogP contribution in [-0.2, 0) is 16.8 Å². The molecule has 2 aromatic rings. The van der Waals surface area contributed by atoms with E-state index in [2.05, 4.69) is 20.6 Å². The highest BCUT2D eigenvalue weighted by Crippen LogP contribution is 2.53. The second-order valence-electron chi connectivity index (χ2n) is 8.66. The van der Waals surface area contributed by atoms with Crippen molar-refractivity contribution >= 4 is 29.3 Å². The summed E-state index contributed by atoms with van der Waals surface area (Å²) in [6, 6.07) is 5.72. The number of aryl methyl sites for hydroxylation is 1. The maximum absolute atomic E-state index is 13.4. The molecule has 0 unspecified atom stereocenters. The Morgan fingerprint density at radius 1 is 1.27 bits per heavy atom. The van der Waals surface area contributed by atoms with Gasteiger partial charge in [-0.05, 0) is 50.3 Å². The van der Waals surface area contributed by atoms with E-state index in [9.17, 15) is 9.59 Å². The van der Waals surface area contributed by atoms with E-state index in [-0.39, 0.29) is 23.9 Å². The average molecular weight is 406 g/mol. The van der Waals surface area contributed by atoms with E-state index in [1.165, 1.54) is 0 Å². The zero-order valence-corrected chi connectivity index (χ0v) is 17.1. The quantitative estimate of drug-likeness (QED) is 0.725. The summed E-state index contributed by atoms with van der Waals surface area (Å²) in [5, 5.41) is 5.96. The number of hydrogen-bond acceptors (Lipinski definition) is 5. The third kappa shape index (κ3) is 3.16. The lowest BCUT2D eigenvalue weighted by Gasteiger charge is -2.34. The van der Waals surface area contributed by atoms with Gasteiger partial charge in [-0.25, -0.2) is 14.8 Å². The molecule has 0 bridgehead atoms. The molecule has 2 heterocycles. The predicted molar refractivity (Wildman–Crippen MR) is 114 cm³/mol. The van der Waals surface area contributed by atoms with Crippen molar-refractivity contribution in [2.45, 2.75) is 63.5 Å². The van der Waals surface area contributed by atoms with E-state index in [0.29, 0.717) is 12.2 Å². The number of anilines is 3. The lowest BCUT2D eigenvalue weighted by Crippen LogP contribution is -2.45. The first-order valence-electron chi connectivity index (χ1n) is 10.6. The van der Waals surface area contributed by atoms with Gasteiger partial charge in [-0.2, -0.15) is 0 Å². The minimum Gasteiger partial charge on any atom is -0.368 e. The van der Waals surface area contributed by atoms with Gasteiger partial charge in [-0.15, -0.1) is 0 Å². The van der Waals surface area contributed by atoms with Crippen LogP contribution in [0, 0.1) is 6.92 Å². The Bertz CT molecular complexity index is 1030.